The van der Waals surface area contributed by atoms with Crippen LogP contribution in [0.15, 0.2) is 24.3 Å². The lowest BCUT2D eigenvalue weighted by atomic mass is 10.1. The minimum absolute atomic E-state index is 0.353. The molecule has 7 heteroatoms. The summed E-state index contributed by atoms with van der Waals surface area (Å²) in [7, 11) is 0. The first-order chi connectivity index (χ1) is 9.95. The lowest BCUT2D eigenvalue weighted by Gasteiger charge is -2.17. The van der Waals surface area contributed by atoms with Crippen LogP contribution in [0.4, 0.5) is 13.2 Å². The van der Waals surface area contributed by atoms with Gasteiger partial charge in [-0.05, 0) is 12.1 Å². The Morgan fingerprint density at radius 1 is 1.29 bits per heavy atom. The third kappa shape index (κ3) is 2.84. The number of ether oxygens (including phenoxy) is 1. The number of benzene rings is 1. The molecule has 0 saturated carbocycles. The highest BCUT2D eigenvalue weighted by atomic mass is 32.1. The summed E-state index contributed by atoms with van der Waals surface area (Å²) in [4.78, 5) is 7.27. The molecule has 1 aromatic heterocycles. The molecule has 0 bridgehead atoms. The van der Waals surface area contributed by atoms with E-state index < -0.39 is 11.7 Å². The normalized spacial score (nSPS) is 14.8. The molecule has 1 aromatic carbocycles. The van der Waals surface area contributed by atoms with E-state index in [0.29, 0.717) is 35.7 Å². The number of H-pyrrole nitrogens is 1. The maximum atomic E-state index is 12.8. The summed E-state index contributed by atoms with van der Waals surface area (Å²) in [5.74, 6) is 0.353. The lowest BCUT2D eigenvalue weighted by Crippen LogP contribution is -2.14. The summed E-state index contributed by atoms with van der Waals surface area (Å²) in [5.41, 5.74) is 1.35. The molecule has 0 radical (unpaired) electrons. The van der Waals surface area contributed by atoms with Gasteiger partial charge in [-0.25, -0.2) is 4.98 Å². The summed E-state index contributed by atoms with van der Waals surface area (Å²) < 4.78 is 44.0. The standard InChI is InChI=1S/C14H11F3N2OS/c15-14(16,17)9-3-1-2-8(6-9)12-18-11-4-5-20-7-10(11)13(21)19-12/h1-3,6H,4-5,7H2,(H,18,19,21). The second-order valence-electron chi connectivity index (χ2n) is 4.73. The lowest BCUT2D eigenvalue weighted by molar-refractivity contribution is -0.137. The van der Waals surface area contributed by atoms with Crippen molar-refractivity contribution >= 4 is 12.2 Å². The molecule has 1 aliphatic heterocycles. The fourth-order valence-electron chi connectivity index (χ4n) is 2.23. The molecule has 0 fully saturated rings. The number of hydrogen-bond donors (Lipinski definition) is 1. The van der Waals surface area contributed by atoms with Crippen molar-refractivity contribution in [2.75, 3.05) is 6.61 Å². The minimum atomic E-state index is -4.38. The molecule has 0 amide bonds. The number of aromatic nitrogens is 2. The SMILES string of the molecule is FC(F)(F)c1cccc(-c2nc(=S)c3c([nH]2)CCOC3)c1. The van der Waals surface area contributed by atoms with Gasteiger partial charge in [0.05, 0.1) is 18.8 Å². The number of aromatic amines is 1. The number of fused-ring (bicyclic) bond motifs is 1. The average Bonchev–Trinajstić information content (AvgIpc) is 2.46. The molecule has 0 spiro atoms. The molecule has 21 heavy (non-hydrogen) atoms. The summed E-state index contributed by atoms with van der Waals surface area (Å²) in [6.45, 7) is 0.949. The Morgan fingerprint density at radius 3 is 2.86 bits per heavy atom. The fourth-order valence-corrected chi connectivity index (χ4v) is 2.51. The van der Waals surface area contributed by atoms with E-state index in [2.05, 4.69) is 9.97 Å². The van der Waals surface area contributed by atoms with Crippen LogP contribution in [0.2, 0.25) is 0 Å². The number of halogens is 3. The monoisotopic (exact) mass is 312 g/mol. The molecule has 0 aliphatic carbocycles. The fraction of sp³-hybridized carbons (Fsp3) is 0.286. The molecular weight excluding hydrogens is 301 g/mol. The third-order valence-corrected chi connectivity index (χ3v) is 3.65. The van der Waals surface area contributed by atoms with Crippen molar-refractivity contribution in [3.05, 3.63) is 45.7 Å². The van der Waals surface area contributed by atoms with Gasteiger partial charge in [-0.2, -0.15) is 13.2 Å². The van der Waals surface area contributed by atoms with E-state index in [9.17, 15) is 13.2 Å². The Morgan fingerprint density at radius 2 is 2.10 bits per heavy atom. The van der Waals surface area contributed by atoms with Crippen LogP contribution < -0.4 is 0 Å². The summed E-state index contributed by atoms with van der Waals surface area (Å²) >= 11 is 5.20. The largest absolute Gasteiger partial charge is 0.416 e. The van der Waals surface area contributed by atoms with Gasteiger partial charge in [-0.15, -0.1) is 0 Å². The average molecular weight is 312 g/mol. The van der Waals surface area contributed by atoms with Crippen molar-refractivity contribution in [2.45, 2.75) is 19.2 Å². The summed E-state index contributed by atoms with van der Waals surface area (Å²) in [5, 5.41) is 0. The van der Waals surface area contributed by atoms with Crippen LogP contribution in [0.25, 0.3) is 11.4 Å². The van der Waals surface area contributed by atoms with E-state index in [4.69, 9.17) is 17.0 Å². The molecule has 1 aliphatic rings. The molecular formula is C14H11F3N2OS. The van der Waals surface area contributed by atoms with Crippen molar-refractivity contribution < 1.29 is 17.9 Å². The van der Waals surface area contributed by atoms with Gasteiger partial charge in [-0.3, -0.25) is 0 Å². The van der Waals surface area contributed by atoms with Crippen molar-refractivity contribution in [1.82, 2.24) is 9.97 Å². The van der Waals surface area contributed by atoms with Crippen molar-refractivity contribution in [3.8, 4) is 11.4 Å². The number of rotatable bonds is 1. The predicted octanol–water partition coefficient (Wildman–Crippen LogP) is 3.90. The van der Waals surface area contributed by atoms with Gasteiger partial charge in [0.2, 0.25) is 0 Å². The van der Waals surface area contributed by atoms with E-state index >= 15 is 0 Å². The number of alkyl halides is 3. The number of nitrogens with one attached hydrogen (secondary N) is 1. The highest BCUT2D eigenvalue weighted by molar-refractivity contribution is 7.71. The second-order valence-corrected chi connectivity index (χ2v) is 5.12. The Hall–Kier alpha value is -1.73. The zero-order chi connectivity index (χ0) is 15.0. The molecule has 3 nitrogen and oxygen atoms in total. The Kier molecular flexibility index (Phi) is 3.54. The van der Waals surface area contributed by atoms with Crippen molar-refractivity contribution in [1.29, 1.82) is 0 Å². The van der Waals surface area contributed by atoms with Crippen molar-refractivity contribution in [2.24, 2.45) is 0 Å². The van der Waals surface area contributed by atoms with E-state index in [-0.39, 0.29) is 0 Å². The zero-order valence-electron chi connectivity index (χ0n) is 10.8. The predicted molar refractivity (Wildman–Crippen MR) is 73.2 cm³/mol. The van der Waals surface area contributed by atoms with Crippen LogP contribution in [0.5, 0.6) is 0 Å². The Bertz CT molecular complexity index is 740. The molecule has 3 rings (SSSR count). The van der Waals surface area contributed by atoms with E-state index in [1.807, 2.05) is 0 Å². The van der Waals surface area contributed by atoms with Gasteiger partial charge in [0.15, 0.2) is 0 Å². The Labute approximate surface area is 123 Å². The highest BCUT2D eigenvalue weighted by Gasteiger charge is 2.30. The molecule has 0 saturated heterocycles. The van der Waals surface area contributed by atoms with Crippen LogP contribution in [0.3, 0.4) is 0 Å². The smallest absolute Gasteiger partial charge is 0.376 e. The van der Waals surface area contributed by atoms with Gasteiger partial charge in [0.25, 0.3) is 0 Å². The van der Waals surface area contributed by atoms with Crippen LogP contribution in [-0.4, -0.2) is 16.6 Å². The third-order valence-electron chi connectivity index (χ3n) is 3.31. The molecule has 1 N–H and O–H groups in total. The van der Waals surface area contributed by atoms with E-state index in [0.717, 1.165) is 23.4 Å². The zero-order valence-corrected chi connectivity index (χ0v) is 11.6. The molecule has 0 atom stereocenters. The van der Waals surface area contributed by atoms with Crippen LogP contribution in [0.1, 0.15) is 16.8 Å². The summed E-state index contributed by atoms with van der Waals surface area (Å²) in [6, 6.07) is 5.04. The Balaban J connectivity index is 2.09. The van der Waals surface area contributed by atoms with Gasteiger partial charge in [0.1, 0.15) is 10.5 Å². The summed E-state index contributed by atoms with van der Waals surface area (Å²) in [6.07, 6.45) is -3.73. The van der Waals surface area contributed by atoms with Crippen LogP contribution >= 0.6 is 12.2 Å². The maximum absolute atomic E-state index is 12.8. The van der Waals surface area contributed by atoms with Gasteiger partial charge in [-0.1, -0.05) is 24.4 Å². The topological polar surface area (TPSA) is 37.9 Å². The molecule has 2 aromatic rings. The van der Waals surface area contributed by atoms with E-state index in [1.165, 1.54) is 6.07 Å². The first-order valence-corrected chi connectivity index (χ1v) is 6.73. The second kappa shape index (κ2) is 5.23. The van der Waals surface area contributed by atoms with Crippen LogP contribution in [0, 0.1) is 4.64 Å². The van der Waals surface area contributed by atoms with Crippen LogP contribution in [-0.2, 0) is 23.9 Å². The van der Waals surface area contributed by atoms with Gasteiger partial charge >= 0.3 is 6.18 Å². The molecule has 0 unspecified atom stereocenters. The number of hydrogen-bond acceptors (Lipinski definition) is 3. The maximum Gasteiger partial charge on any atom is 0.416 e. The van der Waals surface area contributed by atoms with E-state index in [1.54, 1.807) is 6.07 Å². The van der Waals surface area contributed by atoms with Gasteiger partial charge < -0.3 is 9.72 Å². The quantitative estimate of drug-likeness (QED) is 0.812. The molecule has 110 valence electrons. The molecule has 2 heterocycles. The number of nitrogens with zero attached hydrogens (tertiary/aromatic N) is 1. The van der Waals surface area contributed by atoms with Gasteiger partial charge in [0, 0.05) is 23.2 Å². The first-order valence-electron chi connectivity index (χ1n) is 6.32. The highest BCUT2D eigenvalue weighted by Crippen LogP contribution is 2.31. The minimum Gasteiger partial charge on any atom is -0.376 e. The van der Waals surface area contributed by atoms with Crippen molar-refractivity contribution in [3.63, 3.8) is 0 Å². The first kappa shape index (κ1) is 14.2.